The molecule has 1 aliphatic carbocycles. The smallest absolute Gasteiger partial charge is 0.421 e. The monoisotopic (exact) mass is 425 g/mol. The molecule has 11 heteroatoms. The molecule has 2 aromatic rings. The predicted octanol–water partition coefficient (Wildman–Crippen LogP) is 3.17. The summed E-state index contributed by atoms with van der Waals surface area (Å²) in [6, 6.07) is 3.81. The molecule has 162 valence electrons. The number of aliphatic carboxylic acids is 1. The Bertz CT molecular complexity index is 919. The highest BCUT2D eigenvalue weighted by Crippen LogP contribution is 2.37. The number of carboxylic acids is 1. The number of benzene rings is 1. The average Bonchev–Trinajstić information content (AvgIpc) is 3.47. The fourth-order valence-corrected chi connectivity index (χ4v) is 2.71. The second kappa shape index (κ2) is 8.74. The van der Waals surface area contributed by atoms with E-state index in [1.807, 2.05) is 0 Å². The van der Waals surface area contributed by atoms with E-state index in [1.165, 1.54) is 0 Å². The Morgan fingerprint density at radius 2 is 2.13 bits per heavy atom. The van der Waals surface area contributed by atoms with Crippen molar-refractivity contribution in [2.24, 2.45) is 5.73 Å². The van der Waals surface area contributed by atoms with Crippen LogP contribution in [0.2, 0.25) is 0 Å². The number of nitrogens with zero attached hydrogens (tertiary/aromatic N) is 2. The first-order valence-electron chi connectivity index (χ1n) is 9.39. The number of alkyl halides is 3. The molecule has 0 radical (unpaired) electrons. The molecule has 0 aliphatic heterocycles. The Kier molecular flexibility index (Phi) is 6.30. The van der Waals surface area contributed by atoms with Crippen LogP contribution in [0.25, 0.3) is 0 Å². The molecule has 1 fully saturated rings. The average molecular weight is 425 g/mol. The zero-order chi connectivity index (χ0) is 21.9. The maximum Gasteiger partial charge on any atom is 0.421 e. The molecule has 0 bridgehead atoms. The number of nitrogens with two attached hydrogens (primary N) is 1. The van der Waals surface area contributed by atoms with Gasteiger partial charge in [-0.3, -0.25) is 4.79 Å². The molecule has 0 unspecified atom stereocenters. The molecule has 1 aromatic carbocycles. The Labute approximate surface area is 170 Å². The van der Waals surface area contributed by atoms with Gasteiger partial charge in [0.25, 0.3) is 0 Å². The molecule has 1 atom stereocenters. The molecule has 0 amide bonds. The lowest BCUT2D eigenvalue weighted by atomic mass is 10.1. The Morgan fingerprint density at radius 1 is 1.40 bits per heavy atom. The fourth-order valence-electron chi connectivity index (χ4n) is 2.71. The van der Waals surface area contributed by atoms with Crippen LogP contribution in [0, 0.1) is 0 Å². The van der Waals surface area contributed by atoms with Gasteiger partial charge in [-0.1, -0.05) is 6.07 Å². The van der Waals surface area contributed by atoms with Gasteiger partial charge in [-0.15, -0.1) is 0 Å². The first-order chi connectivity index (χ1) is 14.2. The minimum absolute atomic E-state index is 0.0226. The number of ether oxygens (including phenoxy) is 1. The van der Waals surface area contributed by atoms with E-state index < -0.39 is 23.8 Å². The molecule has 1 saturated carbocycles. The van der Waals surface area contributed by atoms with E-state index in [9.17, 15) is 18.0 Å². The van der Waals surface area contributed by atoms with E-state index in [4.69, 9.17) is 15.6 Å². The summed E-state index contributed by atoms with van der Waals surface area (Å²) in [7, 11) is 0. The summed E-state index contributed by atoms with van der Waals surface area (Å²) in [6.07, 6.45) is -2.16. The number of aromatic nitrogens is 2. The van der Waals surface area contributed by atoms with Crippen molar-refractivity contribution in [3.8, 4) is 5.75 Å². The van der Waals surface area contributed by atoms with E-state index in [0.29, 0.717) is 23.6 Å². The van der Waals surface area contributed by atoms with Crippen molar-refractivity contribution < 1.29 is 27.8 Å². The van der Waals surface area contributed by atoms with E-state index >= 15 is 0 Å². The molecular weight excluding hydrogens is 403 g/mol. The second-order valence-electron chi connectivity index (χ2n) is 6.91. The first kappa shape index (κ1) is 21.6. The van der Waals surface area contributed by atoms with Crippen molar-refractivity contribution in [3.63, 3.8) is 0 Å². The molecular formula is C19H22F3N5O3. The normalized spacial score (nSPS) is 14.8. The van der Waals surface area contributed by atoms with Crippen LogP contribution in [0.3, 0.4) is 0 Å². The van der Waals surface area contributed by atoms with Gasteiger partial charge in [0.1, 0.15) is 23.2 Å². The molecule has 0 saturated heterocycles. The lowest BCUT2D eigenvalue weighted by Gasteiger charge is -2.16. The highest BCUT2D eigenvalue weighted by molar-refractivity contribution is 5.74. The summed E-state index contributed by atoms with van der Waals surface area (Å²) < 4.78 is 45.3. The van der Waals surface area contributed by atoms with E-state index in [0.717, 1.165) is 19.0 Å². The third-order valence-electron chi connectivity index (χ3n) is 4.38. The maximum atomic E-state index is 13.2. The van der Waals surface area contributed by atoms with Gasteiger partial charge in [0.05, 0.1) is 12.3 Å². The Morgan fingerprint density at radius 3 is 2.73 bits per heavy atom. The Hall–Kier alpha value is -3.08. The van der Waals surface area contributed by atoms with Crippen molar-refractivity contribution in [2.45, 2.75) is 44.4 Å². The minimum Gasteiger partial charge on any atom is -0.492 e. The standard InChI is InChI=1S/C19H22F3N5O3/c1-2-30-15-8-10(7-13(23)17(28)29)3-6-14(15)26-18-24-9-12(19(20,21)22)16(27-18)25-11-4-5-11/h3,6,8-9,11,13H,2,4-5,7,23H2,1H3,(H,28,29)(H2,24,25,26,27)/t13-/m0/s1. The zero-order valence-electron chi connectivity index (χ0n) is 16.2. The lowest BCUT2D eigenvalue weighted by Crippen LogP contribution is -2.32. The van der Waals surface area contributed by atoms with Crippen molar-refractivity contribution >= 4 is 23.4 Å². The SMILES string of the molecule is CCOc1cc(C[C@H](N)C(=O)O)ccc1Nc1ncc(C(F)(F)F)c(NC2CC2)n1. The summed E-state index contributed by atoms with van der Waals surface area (Å²) in [6.45, 7) is 2.09. The largest absolute Gasteiger partial charge is 0.492 e. The molecule has 3 rings (SSSR count). The highest BCUT2D eigenvalue weighted by Gasteiger charge is 2.37. The van der Waals surface area contributed by atoms with Crippen LogP contribution in [-0.2, 0) is 17.4 Å². The van der Waals surface area contributed by atoms with Crippen molar-refractivity contribution in [2.75, 3.05) is 17.2 Å². The molecule has 30 heavy (non-hydrogen) atoms. The summed E-state index contributed by atoms with van der Waals surface area (Å²) >= 11 is 0. The Balaban J connectivity index is 1.86. The summed E-state index contributed by atoms with van der Waals surface area (Å²) in [5.41, 5.74) is 5.72. The summed E-state index contributed by atoms with van der Waals surface area (Å²) in [5, 5.41) is 14.6. The highest BCUT2D eigenvalue weighted by atomic mass is 19.4. The second-order valence-corrected chi connectivity index (χ2v) is 6.91. The number of nitrogens with one attached hydrogen (secondary N) is 2. The number of hydrogen-bond acceptors (Lipinski definition) is 7. The molecule has 0 spiro atoms. The zero-order valence-corrected chi connectivity index (χ0v) is 16.2. The summed E-state index contributed by atoms with van der Waals surface area (Å²) in [5.74, 6) is -1.04. The van der Waals surface area contributed by atoms with Crippen LogP contribution in [-0.4, -0.2) is 39.7 Å². The van der Waals surface area contributed by atoms with Gasteiger partial charge < -0.3 is 26.2 Å². The van der Waals surface area contributed by atoms with Gasteiger partial charge in [0.2, 0.25) is 5.95 Å². The van der Waals surface area contributed by atoms with Crippen LogP contribution in [0.5, 0.6) is 5.75 Å². The lowest BCUT2D eigenvalue weighted by molar-refractivity contribution is -0.139. The fraction of sp³-hybridized carbons (Fsp3) is 0.421. The third kappa shape index (κ3) is 5.50. The third-order valence-corrected chi connectivity index (χ3v) is 4.38. The van der Waals surface area contributed by atoms with Crippen molar-refractivity contribution in [3.05, 3.63) is 35.5 Å². The van der Waals surface area contributed by atoms with Crippen LogP contribution < -0.4 is 21.1 Å². The maximum absolute atomic E-state index is 13.2. The molecule has 1 aromatic heterocycles. The molecule has 5 N–H and O–H groups in total. The first-order valence-corrected chi connectivity index (χ1v) is 9.39. The quantitative estimate of drug-likeness (QED) is 0.483. The predicted molar refractivity (Wildman–Crippen MR) is 104 cm³/mol. The van der Waals surface area contributed by atoms with Gasteiger partial charge in [-0.25, -0.2) is 4.98 Å². The van der Waals surface area contributed by atoms with Gasteiger partial charge in [-0.2, -0.15) is 18.2 Å². The number of rotatable bonds is 9. The number of anilines is 3. The van der Waals surface area contributed by atoms with Crippen LogP contribution in [0.4, 0.5) is 30.6 Å². The van der Waals surface area contributed by atoms with Crippen molar-refractivity contribution in [1.29, 1.82) is 0 Å². The number of carboxylic acid groups (broad SMARTS) is 1. The molecule has 8 nitrogen and oxygen atoms in total. The van der Waals surface area contributed by atoms with Gasteiger partial charge in [-0.05, 0) is 43.9 Å². The topological polar surface area (TPSA) is 122 Å². The van der Waals surface area contributed by atoms with E-state index in [-0.39, 0.29) is 24.2 Å². The van der Waals surface area contributed by atoms with Crippen LogP contribution in [0.1, 0.15) is 30.9 Å². The molecule has 1 aliphatic rings. The van der Waals surface area contributed by atoms with Gasteiger partial charge in [0.15, 0.2) is 0 Å². The van der Waals surface area contributed by atoms with Crippen LogP contribution in [0.15, 0.2) is 24.4 Å². The van der Waals surface area contributed by atoms with E-state index in [2.05, 4.69) is 20.6 Å². The number of carbonyl (C=O) groups is 1. The van der Waals surface area contributed by atoms with Gasteiger partial charge in [0, 0.05) is 12.2 Å². The van der Waals surface area contributed by atoms with Gasteiger partial charge >= 0.3 is 12.1 Å². The molecule has 1 heterocycles. The number of hydrogen-bond donors (Lipinski definition) is 4. The summed E-state index contributed by atoms with van der Waals surface area (Å²) in [4.78, 5) is 18.8. The van der Waals surface area contributed by atoms with Crippen molar-refractivity contribution in [1.82, 2.24) is 9.97 Å². The van der Waals surface area contributed by atoms with Crippen LogP contribution >= 0.6 is 0 Å². The minimum atomic E-state index is -4.57. The number of halogens is 3. The van der Waals surface area contributed by atoms with E-state index in [1.54, 1.807) is 25.1 Å².